The number of nitrogens with one attached hydrogen (secondary N) is 1. The molecule has 0 saturated carbocycles. The lowest BCUT2D eigenvalue weighted by atomic mass is 9.98. The smallest absolute Gasteiger partial charge is 0.262 e. The number of hydrogen-bond donors (Lipinski definition) is 1. The van der Waals surface area contributed by atoms with Gasteiger partial charge < -0.3 is 19.6 Å². The Balaban J connectivity index is 1.57. The lowest BCUT2D eigenvalue weighted by molar-refractivity contribution is 0.149. The highest BCUT2D eigenvalue weighted by Crippen LogP contribution is 2.41. The predicted octanol–water partition coefficient (Wildman–Crippen LogP) is 2.62. The van der Waals surface area contributed by atoms with Crippen LogP contribution in [0.15, 0.2) is 29.4 Å². The quantitative estimate of drug-likeness (QED) is 0.603. The first-order valence-corrected chi connectivity index (χ1v) is 10.2. The zero-order chi connectivity index (χ0) is 19.0. The molecule has 2 aliphatic heterocycles. The van der Waals surface area contributed by atoms with Gasteiger partial charge in [0.25, 0.3) is 5.88 Å². The molecule has 2 aliphatic rings. The van der Waals surface area contributed by atoms with Crippen LogP contribution >= 0.6 is 11.8 Å². The van der Waals surface area contributed by atoms with Gasteiger partial charge in [-0.3, -0.25) is 0 Å². The molecule has 4 rings (SSSR count). The third-order valence-corrected chi connectivity index (χ3v) is 6.22. The Labute approximate surface area is 163 Å². The topological polar surface area (TPSA) is 59.5 Å². The Hall–Kier alpha value is -2.00. The second-order valence-electron chi connectivity index (χ2n) is 6.89. The molecule has 2 unspecified atom stereocenters. The third-order valence-electron chi connectivity index (χ3n) is 5.50. The second-order valence-corrected chi connectivity index (χ2v) is 7.77. The van der Waals surface area contributed by atoms with Gasteiger partial charge in [0.2, 0.25) is 5.75 Å². The second kappa shape index (κ2) is 7.56. The van der Waals surface area contributed by atoms with E-state index in [4.69, 9.17) is 9.47 Å². The third kappa shape index (κ3) is 3.45. The first kappa shape index (κ1) is 18.4. The predicted molar refractivity (Wildman–Crippen MR) is 106 cm³/mol. The van der Waals surface area contributed by atoms with E-state index in [1.165, 1.54) is 37.7 Å². The van der Waals surface area contributed by atoms with Gasteiger partial charge in [0.05, 0.1) is 12.8 Å². The Morgan fingerprint density at radius 1 is 1.33 bits per heavy atom. The Kier molecular flexibility index (Phi) is 5.14. The molecule has 2 fully saturated rings. The standard InChI is InChI=1S/C18H22BFN4O2S/c1-25-16-17(23-13-5-4-11(27-2)8-12(13)20)21-9-22-18(16)26-15-7-10-3-6-14(15)24(10)19/h4-5,8-10,14-15H,3,6-7,19H2,1-2H3,(H,21,22,23)/t10?,14?,15-/m0/s1. The van der Waals surface area contributed by atoms with Crippen LogP contribution in [-0.2, 0) is 0 Å². The van der Waals surface area contributed by atoms with Gasteiger partial charge in [0.1, 0.15) is 18.2 Å². The number of halogens is 1. The first-order chi connectivity index (χ1) is 13.1. The molecule has 1 N–H and O–H groups in total. The van der Waals surface area contributed by atoms with E-state index in [9.17, 15) is 4.39 Å². The molecule has 1 aromatic heterocycles. The number of methoxy groups -OCH3 is 1. The van der Waals surface area contributed by atoms with Crippen LogP contribution < -0.4 is 14.8 Å². The van der Waals surface area contributed by atoms with Crippen LogP contribution in [-0.4, -0.2) is 54.3 Å². The number of thioether (sulfide) groups is 1. The number of hydrogen-bond acceptors (Lipinski definition) is 7. The fraction of sp³-hybridized carbons (Fsp3) is 0.444. The Bertz CT molecular complexity index is 843. The van der Waals surface area contributed by atoms with Gasteiger partial charge in [0.15, 0.2) is 13.8 Å². The summed E-state index contributed by atoms with van der Waals surface area (Å²) in [5, 5.41) is 3.00. The normalized spacial score (nSPS) is 24.2. The van der Waals surface area contributed by atoms with E-state index in [1.807, 2.05) is 12.3 Å². The average molecular weight is 388 g/mol. The van der Waals surface area contributed by atoms with Crippen LogP contribution in [0.2, 0.25) is 0 Å². The zero-order valence-electron chi connectivity index (χ0n) is 15.6. The summed E-state index contributed by atoms with van der Waals surface area (Å²) in [6, 6.07) is 6.01. The highest BCUT2D eigenvalue weighted by molar-refractivity contribution is 7.98. The van der Waals surface area contributed by atoms with Crippen molar-refractivity contribution in [3.63, 3.8) is 0 Å². The Morgan fingerprint density at radius 3 is 2.81 bits per heavy atom. The van der Waals surface area contributed by atoms with Crippen LogP contribution in [0.25, 0.3) is 0 Å². The summed E-state index contributed by atoms with van der Waals surface area (Å²) in [5.74, 6) is 0.813. The molecule has 3 heterocycles. The molecule has 27 heavy (non-hydrogen) atoms. The highest BCUT2D eigenvalue weighted by atomic mass is 32.2. The van der Waals surface area contributed by atoms with E-state index in [1.54, 1.807) is 6.07 Å². The van der Waals surface area contributed by atoms with Crippen LogP contribution in [0.5, 0.6) is 11.6 Å². The highest BCUT2D eigenvalue weighted by Gasteiger charge is 2.45. The number of benzene rings is 1. The summed E-state index contributed by atoms with van der Waals surface area (Å²) in [5.41, 5.74) is 0.329. The van der Waals surface area contributed by atoms with Crippen molar-refractivity contribution >= 4 is 31.2 Å². The molecule has 142 valence electrons. The summed E-state index contributed by atoms with van der Waals surface area (Å²) in [6.07, 6.45) is 6.75. The van der Waals surface area contributed by atoms with Crippen molar-refractivity contribution in [1.82, 2.24) is 14.8 Å². The number of rotatable bonds is 6. The van der Waals surface area contributed by atoms with Gasteiger partial charge in [-0.05, 0) is 37.3 Å². The van der Waals surface area contributed by atoms with Crippen molar-refractivity contribution in [3.8, 4) is 11.6 Å². The maximum absolute atomic E-state index is 14.3. The van der Waals surface area contributed by atoms with Gasteiger partial charge in [-0.25, -0.2) is 9.37 Å². The van der Waals surface area contributed by atoms with E-state index in [0.717, 1.165) is 17.7 Å². The van der Waals surface area contributed by atoms with Gasteiger partial charge in [-0.2, -0.15) is 4.98 Å². The fourth-order valence-electron chi connectivity index (χ4n) is 4.04. The van der Waals surface area contributed by atoms with Gasteiger partial charge in [-0.1, -0.05) is 0 Å². The minimum absolute atomic E-state index is 0.0861. The van der Waals surface area contributed by atoms with E-state index >= 15 is 0 Å². The molecule has 2 saturated heterocycles. The number of nitrogens with zero attached hydrogens (tertiary/aromatic N) is 3. The molecule has 1 aromatic carbocycles. The Morgan fingerprint density at radius 2 is 2.19 bits per heavy atom. The fourth-order valence-corrected chi connectivity index (χ4v) is 4.46. The van der Waals surface area contributed by atoms with Crippen LogP contribution in [0.1, 0.15) is 19.3 Å². The maximum atomic E-state index is 14.3. The number of fused-ring (bicyclic) bond motifs is 2. The average Bonchev–Trinajstić information content (AvgIpc) is 3.17. The van der Waals surface area contributed by atoms with E-state index in [0.29, 0.717) is 35.2 Å². The minimum atomic E-state index is -0.347. The molecule has 0 amide bonds. The first-order valence-electron chi connectivity index (χ1n) is 8.99. The zero-order valence-corrected chi connectivity index (χ0v) is 16.4. The summed E-state index contributed by atoms with van der Waals surface area (Å²) in [4.78, 5) is 11.7. The number of ether oxygens (including phenoxy) is 2. The van der Waals surface area contributed by atoms with Crippen LogP contribution in [0.3, 0.4) is 0 Å². The van der Waals surface area contributed by atoms with Crippen molar-refractivity contribution in [2.45, 2.75) is 42.3 Å². The number of anilines is 2. The van der Waals surface area contributed by atoms with E-state index in [-0.39, 0.29) is 11.9 Å². The SMILES string of the molecule is BN1C2CCC1[C@@H](Oc1ncnc(Nc3ccc(SC)cc3F)c1OC)C2. The summed E-state index contributed by atoms with van der Waals surface area (Å²) < 4.78 is 26.0. The van der Waals surface area contributed by atoms with Gasteiger partial charge in [0, 0.05) is 23.4 Å². The molecule has 2 aromatic rings. The van der Waals surface area contributed by atoms with Crippen molar-refractivity contribution in [2.75, 3.05) is 18.7 Å². The van der Waals surface area contributed by atoms with Crippen molar-refractivity contribution < 1.29 is 13.9 Å². The molecule has 0 aliphatic carbocycles. The molecule has 3 atom stereocenters. The van der Waals surface area contributed by atoms with Crippen LogP contribution in [0.4, 0.5) is 15.9 Å². The molecular formula is C18H22BFN4O2S. The van der Waals surface area contributed by atoms with Crippen molar-refractivity contribution in [2.24, 2.45) is 0 Å². The number of aromatic nitrogens is 2. The molecule has 0 radical (unpaired) electrons. The summed E-state index contributed by atoms with van der Waals surface area (Å²) in [6.45, 7) is 0. The molecule has 0 spiro atoms. The van der Waals surface area contributed by atoms with E-state index in [2.05, 4.69) is 28.1 Å². The van der Waals surface area contributed by atoms with Crippen LogP contribution in [0, 0.1) is 5.82 Å². The monoisotopic (exact) mass is 388 g/mol. The summed E-state index contributed by atoms with van der Waals surface area (Å²) in [7, 11) is 3.69. The van der Waals surface area contributed by atoms with Gasteiger partial charge >= 0.3 is 0 Å². The maximum Gasteiger partial charge on any atom is 0.262 e. The minimum Gasteiger partial charge on any atom is -0.489 e. The van der Waals surface area contributed by atoms with Crippen molar-refractivity contribution in [3.05, 3.63) is 30.3 Å². The van der Waals surface area contributed by atoms with Gasteiger partial charge in [-0.15, -0.1) is 11.8 Å². The summed E-state index contributed by atoms with van der Waals surface area (Å²) >= 11 is 1.49. The lowest BCUT2D eigenvalue weighted by Gasteiger charge is -2.23. The lowest BCUT2D eigenvalue weighted by Crippen LogP contribution is -2.33. The largest absolute Gasteiger partial charge is 0.489 e. The molecule has 2 bridgehead atoms. The van der Waals surface area contributed by atoms with Crippen molar-refractivity contribution in [1.29, 1.82) is 0 Å². The molecule has 6 nitrogen and oxygen atoms in total. The molecular weight excluding hydrogens is 366 g/mol. The van der Waals surface area contributed by atoms with E-state index < -0.39 is 0 Å². The molecule has 9 heteroatoms.